The predicted molar refractivity (Wildman–Crippen MR) is 88.2 cm³/mol. The first kappa shape index (κ1) is 15.8. The van der Waals surface area contributed by atoms with E-state index in [0.717, 1.165) is 11.0 Å². The quantitative estimate of drug-likeness (QED) is 0.815. The van der Waals surface area contributed by atoms with Crippen LogP contribution in [0.4, 0.5) is 0 Å². The number of hydrogen-bond donors (Lipinski definition) is 0. The summed E-state index contributed by atoms with van der Waals surface area (Å²) in [5, 5.41) is 13.1. The fourth-order valence-electron chi connectivity index (χ4n) is 2.56. The molecule has 3 rings (SSSR count). The normalized spacial score (nSPS) is 18.8. The summed E-state index contributed by atoms with van der Waals surface area (Å²) in [6.45, 7) is 8.75. The molecular formula is C17H20BN3O2. The summed E-state index contributed by atoms with van der Waals surface area (Å²) < 4.78 is 14.1. The zero-order valence-electron chi connectivity index (χ0n) is 13.9. The van der Waals surface area contributed by atoms with Crippen molar-refractivity contribution < 1.29 is 9.31 Å². The van der Waals surface area contributed by atoms with Crippen LogP contribution >= 0.6 is 0 Å². The number of aromatic nitrogens is 2. The van der Waals surface area contributed by atoms with Crippen molar-refractivity contribution in [1.82, 2.24) is 9.78 Å². The first-order chi connectivity index (χ1) is 10.8. The van der Waals surface area contributed by atoms with Crippen LogP contribution < -0.4 is 5.46 Å². The van der Waals surface area contributed by atoms with Crippen LogP contribution in [0.15, 0.2) is 36.7 Å². The summed E-state index contributed by atoms with van der Waals surface area (Å²) in [5.41, 5.74) is 1.88. The van der Waals surface area contributed by atoms with Crippen molar-refractivity contribution in [3.05, 3.63) is 47.8 Å². The Hall–Kier alpha value is -2.10. The van der Waals surface area contributed by atoms with Gasteiger partial charge in [-0.25, -0.2) is 0 Å². The second-order valence-electron chi connectivity index (χ2n) is 6.83. The first-order valence-electron chi connectivity index (χ1n) is 7.68. The molecule has 0 aliphatic carbocycles. The van der Waals surface area contributed by atoms with E-state index in [1.165, 1.54) is 0 Å². The van der Waals surface area contributed by atoms with Crippen molar-refractivity contribution in [3.63, 3.8) is 0 Å². The van der Waals surface area contributed by atoms with Crippen LogP contribution in [0, 0.1) is 11.3 Å². The van der Waals surface area contributed by atoms with E-state index < -0.39 is 7.12 Å². The predicted octanol–water partition coefficient (Wildman–Crippen LogP) is 2.10. The molecule has 0 saturated carbocycles. The van der Waals surface area contributed by atoms with Gasteiger partial charge in [-0.15, -0.1) is 0 Å². The summed E-state index contributed by atoms with van der Waals surface area (Å²) in [5.74, 6) is 0. The molecule has 6 heteroatoms. The topological polar surface area (TPSA) is 60.1 Å². The lowest BCUT2D eigenvalue weighted by atomic mass is 9.76. The van der Waals surface area contributed by atoms with Crippen LogP contribution in [-0.2, 0) is 15.9 Å². The van der Waals surface area contributed by atoms with Crippen molar-refractivity contribution in [2.24, 2.45) is 0 Å². The first-order valence-corrected chi connectivity index (χ1v) is 7.68. The Labute approximate surface area is 137 Å². The Bertz CT molecular complexity index is 745. The van der Waals surface area contributed by atoms with E-state index in [4.69, 9.17) is 14.6 Å². The summed E-state index contributed by atoms with van der Waals surface area (Å²) >= 11 is 0. The molecule has 118 valence electrons. The molecule has 0 radical (unpaired) electrons. The van der Waals surface area contributed by atoms with Crippen molar-refractivity contribution in [2.75, 3.05) is 0 Å². The molecule has 1 saturated heterocycles. The monoisotopic (exact) mass is 309 g/mol. The van der Waals surface area contributed by atoms with Crippen LogP contribution in [0.2, 0.25) is 0 Å². The van der Waals surface area contributed by atoms with Gasteiger partial charge < -0.3 is 9.31 Å². The van der Waals surface area contributed by atoms with Gasteiger partial charge >= 0.3 is 7.12 Å². The van der Waals surface area contributed by atoms with Gasteiger partial charge in [-0.1, -0.05) is 24.3 Å². The van der Waals surface area contributed by atoms with Gasteiger partial charge in [0, 0.05) is 6.20 Å². The highest BCUT2D eigenvalue weighted by molar-refractivity contribution is 6.62. The van der Waals surface area contributed by atoms with Crippen molar-refractivity contribution in [3.8, 4) is 6.07 Å². The standard InChI is InChI=1S/C17H20BN3O2/c1-16(2)17(3,4)23-18(22-16)15-8-6-5-7-14(15)12-21-11-13(9-19)10-20-21/h5-8,10-11H,12H2,1-4H3. The molecule has 1 aromatic heterocycles. The summed E-state index contributed by atoms with van der Waals surface area (Å²) in [6, 6.07) is 10.1. The average molecular weight is 309 g/mol. The molecule has 1 aliphatic heterocycles. The molecule has 23 heavy (non-hydrogen) atoms. The van der Waals surface area contributed by atoms with E-state index in [9.17, 15) is 0 Å². The Balaban J connectivity index is 1.89. The zero-order valence-corrected chi connectivity index (χ0v) is 13.9. The van der Waals surface area contributed by atoms with Gasteiger partial charge in [-0.05, 0) is 38.7 Å². The van der Waals surface area contributed by atoms with E-state index in [-0.39, 0.29) is 11.2 Å². The molecule has 1 aromatic carbocycles. The smallest absolute Gasteiger partial charge is 0.399 e. The SMILES string of the molecule is CC1(C)OB(c2ccccc2Cn2cc(C#N)cn2)OC1(C)C. The lowest BCUT2D eigenvalue weighted by Gasteiger charge is -2.32. The minimum Gasteiger partial charge on any atom is -0.399 e. The third-order valence-corrected chi connectivity index (χ3v) is 4.66. The largest absolute Gasteiger partial charge is 0.495 e. The van der Waals surface area contributed by atoms with Crippen molar-refractivity contribution in [1.29, 1.82) is 5.26 Å². The summed E-state index contributed by atoms with van der Waals surface area (Å²) in [7, 11) is -0.401. The minimum atomic E-state index is -0.401. The molecule has 5 nitrogen and oxygen atoms in total. The number of benzene rings is 1. The van der Waals surface area contributed by atoms with E-state index >= 15 is 0 Å². The lowest BCUT2D eigenvalue weighted by Crippen LogP contribution is -2.41. The number of nitriles is 1. The molecule has 0 bridgehead atoms. The lowest BCUT2D eigenvalue weighted by molar-refractivity contribution is 0.00578. The van der Waals surface area contributed by atoms with Crippen molar-refractivity contribution >= 4 is 12.6 Å². The van der Waals surface area contributed by atoms with Crippen LogP contribution in [0.5, 0.6) is 0 Å². The maximum absolute atomic E-state index is 8.92. The third-order valence-electron chi connectivity index (χ3n) is 4.66. The maximum Gasteiger partial charge on any atom is 0.495 e. The van der Waals surface area contributed by atoms with Crippen molar-refractivity contribution in [2.45, 2.75) is 45.4 Å². The van der Waals surface area contributed by atoms with Crippen LogP contribution in [0.1, 0.15) is 38.8 Å². The fourth-order valence-corrected chi connectivity index (χ4v) is 2.56. The van der Waals surface area contributed by atoms with Gasteiger partial charge in [-0.2, -0.15) is 10.4 Å². The Kier molecular flexibility index (Phi) is 3.79. The molecule has 1 fully saturated rings. The summed E-state index contributed by atoms with van der Waals surface area (Å²) in [6.07, 6.45) is 3.30. The molecule has 1 aliphatic rings. The number of hydrogen-bond acceptors (Lipinski definition) is 4. The second-order valence-corrected chi connectivity index (χ2v) is 6.83. The summed E-state index contributed by atoms with van der Waals surface area (Å²) in [4.78, 5) is 0. The molecule has 2 heterocycles. The average Bonchev–Trinajstić information content (AvgIpc) is 3.02. The Morgan fingerprint density at radius 1 is 1.17 bits per heavy atom. The maximum atomic E-state index is 8.92. The van der Waals surface area contributed by atoms with Gasteiger partial charge in [0.05, 0.1) is 29.5 Å². The Morgan fingerprint density at radius 2 is 1.83 bits per heavy atom. The Morgan fingerprint density at radius 3 is 2.43 bits per heavy atom. The zero-order chi connectivity index (χ0) is 16.7. The van der Waals surface area contributed by atoms with Gasteiger partial charge in [0.15, 0.2) is 0 Å². The molecule has 0 spiro atoms. The highest BCUT2D eigenvalue weighted by Gasteiger charge is 2.52. The second kappa shape index (κ2) is 5.52. The molecular weight excluding hydrogens is 289 g/mol. The van der Waals surface area contributed by atoms with E-state index in [1.807, 2.05) is 52.0 Å². The minimum absolute atomic E-state index is 0.371. The van der Waals surface area contributed by atoms with E-state index in [0.29, 0.717) is 12.1 Å². The molecule has 2 aromatic rings. The molecule has 0 atom stereocenters. The molecule has 0 amide bonds. The third kappa shape index (κ3) is 2.90. The van der Waals surface area contributed by atoms with Crippen LogP contribution in [-0.4, -0.2) is 28.1 Å². The van der Waals surface area contributed by atoms with Gasteiger partial charge in [0.2, 0.25) is 0 Å². The fraction of sp³-hybridized carbons (Fsp3) is 0.412. The number of nitrogens with zero attached hydrogens (tertiary/aromatic N) is 3. The van der Waals surface area contributed by atoms with Crippen LogP contribution in [0.3, 0.4) is 0 Å². The van der Waals surface area contributed by atoms with Gasteiger partial charge in [0.25, 0.3) is 0 Å². The highest BCUT2D eigenvalue weighted by atomic mass is 16.7. The van der Waals surface area contributed by atoms with E-state index in [2.05, 4.69) is 11.2 Å². The van der Waals surface area contributed by atoms with Crippen LogP contribution in [0.25, 0.3) is 0 Å². The number of rotatable bonds is 3. The van der Waals surface area contributed by atoms with Gasteiger partial charge in [-0.3, -0.25) is 4.68 Å². The highest BCUT2D eigenvalue weighted by Crippen LogP contribution is 2.36. The molecule has 0 N–H and O–H groups in total. The van der Waals surface area contributed by atoms with Gasteiger partial charge in [0.1, 0.15) is 6.07 Å². The molecule has 0 unspecified atom stereocenters. The van der Waals surface area contributed by atoms with E-state index in [1.54, 1.807) is 17.1 Å².